The molecule has 1 rings (SSSR count). The molecule has 0 fully saturated rings. The third-order valence-electron chi connectivity index (χ3n) is 2.99. The van der Waals surface area contributed by atoms with Crippen molar-refractivity contribution in [2.75, 3.05) is 11.1 Å². The summed E-state index contributed by atoms with van der Waals surface area (Å²) in [6, 6.07) is 2.24. The molecule has 0 aromatic carbocycles. The zero-order valence-electron chi connectivity index (χ0n) is 11.9. The molecule has 4 nitrogen and oxygen atoms in total. The molecule has 0 aliphatic carbocycles. The highest BCUT2D eigenvalue weighted by molar-refractivity contribution is 5.45. The molecule has 1 aromatic rings. The summed E-state index contributed by atoms with van der Waals surface area (Å²) in [6.07, 6.45) is 7.17. The van der Waals surface area contributed by atoms with Gasteiger partial charge in [0, 0.05) is 18.5 Å². The van der Waals surface area contributed by atoms with Gasteiger partial charge in [-0.3, -0.25) is 0 Å². The first kappa shape index (κ1) is 14.7. The first-order valence-electron chi connectivity index (χ1n) is 7.05. The molecule has 0 aliphatic heterocycles. The Morgan fingerprint density at radius 3 is 2.67 bits per heavy atom. The van der Waals surface area contributed by atoms with Crippen molar-refractivity contribution < 1.29 is 0 Å². The van der Waals surface area contributed by atoms with Crippen LogP contribution >= 0.6 is 0 Å². The number of nitrogen functional groups attached to an aromatic ring is 1. The molecule has 0 saturated carbocycles. The Hall–Kier alpha value is -1.32. The highest BCUT2D eigenvalue weighted by Crippen LogP contribution is 2.13. The Morgan fingerprint density at radius 2 is 2.00 bits per heavy atom. The van der Waals surface area contributed by atoms with Crippen LogP contribution in [0.1, 0.15) is 58.7 Å². The smallest absolute Gasteiger partial charge is 0.132 e. The van der Waals surface area contributed by atoms with E-state index in [1.807, 2.05) is 13.0 Å². The molecule has 3 N–H and O–H groups in total. The molecule has 1 atom stereocenters. The van der Waals surface area contributed by atoms with Gasteiger partial charge in [0.15, 0.2) is 0 Å². The molecule has 1 aromatic heterocycles. The fourth-order valence-corrected chi connectivity index (χ4v) is 1.95. The van der Waals surface area contributed by atoms with Crippen molar-refractivity contribution in [1.29, 1.82) is 0 Å². The van der Waals surface area contributed by atoms with Crippen LogP contribution in [-0.2, 0) is 6.42 Å². The maximum absolute atomic E-state index is 5.76. The Labute approximate surface area is 110 Å². The third kappa shape index (κ3) is 5.34. The number of nitrogens with one attached hydrogen (secondary N) is 1. The lowest BCUT2D eigenvalue weighted by Gasteiger charge is -2.15. The van der Waals surface area contributed by atoms with Crippen molar-refractivity contribution in [3.05, 3.63) is 11.9 Å². The second kappa shape index (κ2) is 7.90. The van der Waals surface area contributed by atoms with Gasteiger partial charge >= 0.3 is 0 Å². The van der Waals surface area contributed by atoms with E-state index in [1.54, 1.807) is 0 Å². The number of unbranched alkanes of at least 4 members (excludes halogenated alkanes) is 3. The SMILES string of the molecule is CCCCCCC(C)Nc1cc(N)nc(CC)n1. The van der Waals surface area contributed by atoms with Gasteiger partial charge in [-0.1, -0.05) is 39.5 Å². The highest BCUT2D eigenvalue weighted by Gasteiger charge is 2.05. The molecule has 0 radical (unpaired) electrons. The molecule has 0 saturated heterocycles. The van der Waals surface area contributed by atoms with Crippen LogP contribution in [0.25, 0.3) is 0 Å². The summed E-state index contributed by atoms with van der Waals surface area (Å²) in [5.74, 6) is 2.19. The van der Waals surface area contributed by atoms with E-state index in [-0.39, 0.29) is 0 Å². The Kier molecular flexibility index (Phi) is 6.47. The van der Waals surface area contributed by atoms with E-state index >= 15 is 0 Å². The number of nitrogens with zero attached hydrogens (tertiary/aromatic N) is 2. The number of rotatable bonds is 8. The van der Waals surface area contributed by atoms with Gasteiger partial charge in [-0.15, -0.1) is 0 Å². The molecule has 0 bridgehead atoms. The summed E-state index contributed by atoms with van der Waals surface area (Å²) in [6.45, 7) is 6.46. The maximum Gasteiger partial charge on any atom is 0.132 e. The number of hydrogen-bond acceptors (Lipinski definition) is 4. The van der Waals surface area contributed by atoms with E-state index < -0.39 is 0 Å². The third-order valence-corrected chi connectivity index (χ3v) is 2.99. The van der Waals surface area contributed by atoms with Gasteiger partial charge in [0.2, 0.25) is 0 Å². The first-order valence-corrected chi connectivity index (χ1v) is 7.05. The minimum Gasteiger partial charge on any atom is -0.384 e. The van der Waals surface area contributed by atoms with E-state index in [2.05, 4.69) is 29.1 Å². The predicted molar refractivity (Wildman–Crippen MR) is 77.7 cm³/mol. The maximum atomic E-state index is 5.76. The molecule has 4 heteroatoms. The minimum absolute atomic E-state index is 0.431. The minimum atomic E-state index is 0.431. The van der Waals surface area contributed by atoms with Crippen LogP contribution in [0.3, 0.4) is 0 Å². The average molecular weight is 250 g/mol. The lowest BCUT2D eigenvalue weighted by molar-refractivity contribution is 0.592. The first-order chi connectivity index (χ1) is 8.65. The lowest BCUT2D eigenvalue weighted by Crippen LogP contribution is -2.17. The van der Waals surface area contributed by atoms with Gasteiger partial charge in [0.25, 0.3) is 0 Å². The molecular weight excluding hydrogens is 224 g/mol. The second-order valence-electron chi connectivity index (χ2n) is 4.84. The molecule has 1 unspecified atom stereocenters. The van der Waals surface area contributed by atoms with Gasteiger partial charge in [-0.25, -0.2) is 9.97 Å². The summed E-state index contributed by atoms with van der Waals surface area (Å²) in [4.78, 5) is 8.61. The largest absolute Gasteiger partial charge is 0.384 e. The van der Waals surface area contributed by atoms with Crippen LogP contribution in [0.4, 0.5) is 11.6 Å². The Bertz CT molecular complexity index is 352. The average Bonchev–Trinajstić information content (AvgIpc) is 2.34. The number of aryl methyl sites for hydroxylation is 1. The van der Waals surface area contributed by atoms with Crippen molar-refractivity contribution in [3.8, 4) is 0 Å². The molecule has 18 heavy (non-hydrogen) atoms. The van der Waals surface area contributed by atoms with E-state index in [1.165, 1.54) is 32.1 Å². The molecule has 1 heterocycles. The summed E-state index contributed by atoms with van der Waals surface area (Å²) in [5.41, 5.74) is 5.76. The number of hydrogen-bond donors (Lipinski definition) is 2. The van der Waals surface area contributed by atoms with Crippen LogP contribution in [0.15, 0.2) is 6.07 Å². The van der Waals surface area contributed by atoms with Gasteiger partial charge < -0.3 is 11.1 Å². The Morgan fingerprint density at radius 1 is 1.22 bits per heavy atom. The van der Waals surface area contributed by atoms with E-state index in [0.29, 0.717) is 11.9 Å². The van der Waals surface area contributed by atoms with Gasteiger partial charge in [-0.2, -0.15) is 0 Å². The van der Waals surface area contributed by atoms with Crippen molar-refractivity contribution >= 4 is 11.6 Å². The predicted octanol–water partition coefficient (Wildman–Crippen LogP) is 3.39. The topological polar surface area (TPSA) is 63.8 Å². The normalized spacial score (nSPS) is 12.4. The fraction of sp³-hybridized carbons (Fsp3) is 0.714. The van der Waals surface area contributed by atoms with Crippen LogP contribution in [-0.4, -0.2) is 16.0 Å². The fourth-order valence-electron chi connectivity index (χ4n) is 1.95. The van der Waals surface area contributed by atoms with Crippen molar-refractivity contribution in [2.24, 2.45) is 0 Å². The number of aromatic nitrogens is 2. The molecule has 0 spiro atoms. The van der Waals surface area contributed by atoms with E-state index in [0.717, 1.165) is 18.1 Å². The van der Waals surface area contributed by atoms with Crippen LogP contribution in [0.2, 0.25) is 0 Å². The molecule has 0 aliphatic rings. The summed E-state index contributed by atoms with van der Waals surface area (Å²) in [7, 11) is 0. The highest BCUT2D eigenvalue weighted by atomic mass is 15.1. The number of anilines is 2. The number of nitrogens with two attached hydrogens (primary N) is 1. The zero-order chi connectivity index (χ0) is 13.4. The van der Waals surface area contributed by atoms with Gasteiger partial charge in [0.05, 0.1) is 0 Å². The molecular formula is C14H26N4. The van der Waals surface area contributed by atoms with Crippen LogP contribution in [0.5, 0.6) is 0 Å². The summed E-state index contributed by atoms with van der Waals surface area (Å²) >= 11 is 0. The van der Waals surface area contributed by atoms with Crippen LogP contribution < -0.4 is 11.1 Å². The summed E-state index contributed by atoms with van der Waals surface area (Å²) in [5, 5.41) is 3.40. The molecule has 102 valence electrons. The van der Waals surface area contributed by atoms with Crippen molar-refractivity contribution in [3.63, 3.8) is 0 Å². The van der Waals surface area contributed by atoms with Gasteiger partial charge in [-0.05, 0) is 13.3 Å². The van der Waals surface area contributed by atoms with Crippen molar-refractivity contribution in [2.45, 2.75) is 65.3 Å². The van der Waals surface area contributed by atoms with E-state index in [4.69, 9.17) is 5.73 Å². The summed E-state index contributed by atoms with van der Waals surface area (Å²) < 4.78 is 0. The monoisotopic (exact) mass is 250 g/mol. The quantitative estimate of drug-likeness (QED) is 0.694. The standard InChI is InChI=1S/C14H26N4/c1-4-6-7-8-9-11(3)16-14-10-12(15)17-13(5-2)18-14/h10-11H,4-9H2,1-3H3,(H3,15,16,17,18). The van der Waals surface area contributed by atoms with Crippen molar-refractivity contribution in [1.82, 2.24) is 9.97 Å². The Balaban J connectivity index is 2.43. The van der Waals surface area contributed by atoms with Gasteiger partial charge in [0.1, 0.15) is 17.5 Å². The zero-order valence-corrected chi connectivity index (χ0v) is 11.9. The second-order valence-corrected chi connectivity index (χ2v) is 4.84. The van der Waals surface area contributed by atoms with Crippen LogP contribution in [0, 0.1) is 0 Å². The lowest BCUT2D eigenvalue weighted by atomic mass is 10.1. The van der Waals surface area contributed by atoms with E-state index in [9.17, 15) is 0 Å². The molecule has 0 amide bonds.